The largest absolute Gasteiger partial charge is 1.00 e. The van der Waals surface area contributed by atoms with Crippen LogP contribution in [0.4, 0.5) is 5.13 Å². The van der Waals surface area contributed by atoms with Crippen molar-refractivity contribution in [2.45, 2.75) is 11.3 Å². The first-order chi connectivity index (χ1) is 7.08. The number of amides is 1. The second-order valence-corrected chi connectivity index (χ2v) is 5.53. The zero-order chi connectivity index (χ0) is 11.3. The molecule has 92 valence electrons. The molecule has 0 spiro atoms. The average Bonchev–Trinajstić information content (AvgIpc) is 2.50. The lowest BCUT2D eigenvalue weighted by atomic mass is 10.7. The molecule has 1 rings (SSSR count). The van der Waals surface area contributed by atoms with E-state index in [2.05, 4.69) is 20.4 Å². The number of hydrogen-bond donors (Lipinski definition) is 1. The van der Waals surface area contributed by atoms with Crippen molar-refractivity contribution in [3.05, 3.63) is 0 Å². The van der Waals surface area contributed by atoms with Crippen LogP contribution in [0.5, 0.6) is 0 Å². The van der Waals surface area contributed by atoms with Crippen molar-refractivity contribution in [2.75, 3.05) is 31.7 Å². The van der Waals surface area contributed by atoms with Gasteiger partial charge in [0.05, 0.1) is 0 Å². The first kappa shape index (κ1) is 15.6. The molecule has 5 nitrogen and oxygen atoms in total. The summed E-state index contributed by atoms with van der Waals surface area (Å²) in [7, 11) is 4.06. The fraction of sp³-hybridized carbons (Fsp3) is 0.625. The van der Waals surface area contributed by atoms with Crippen molar-refractivity contribution >= 4 is 34.1 Å². The Balaban J connectivity index is 0.00000225. The minimum absolute atomic E-state index is 0. The van der Waals surface area contributed by atoms with Gasteiger partial charge in [-0.25, -0.2) is 0 Å². The zero-order valence-electron chi connectivity index (χ0n) is 9.36. The predicted octanol–water partition coefficient (Wildman–Crippen LogP) is -1.85. The number of nitrogens with one attached hydrogen (secondary N) is 1. The number of anilines is 1. The van der Waals surface area contributed by atoms with Gasteiger partial charge in [0.1, 0.15) is 0 Å². The third kappa shape index (κ3) is 6.26. The Labute approximate surface area is 109 Å². The van der Waals surface area contributed by atoms with Gasteiger partial charge < -0.3 is 22.6 Å². The Kier molecular flexibility index (Phi) is 7.65. The number of nitrogens with zero attached hydrogens (tertiary/aromatic N) is 3. The van der Waals surface area contributed by atoms with E-state index >= 15 is 0 Å². The maximum Gasteiger partial charge on any atom is 0.223 e. The van der Waals surface area contributed by atoms with E-state index in [1.54, 1.807) is 11.8 Å². The highest BCUT2D eigenvalue weighted by Crippen LogP contribution is 2.25. The van der Waals surface area contributed by atoms with Crippen LogP contribution in [0.1, 0.15) is 6.92 Å². The highest BCUT2D eigenvalue weighted by atomic mass is 35.5. The van der Waals surface area contributed by atoms with Crippen LogP contribution in [0.15, 0.2) is 4.34 Å². The molecule has 8 heteroatoms. The van der Waals surface area contributed by atoms with Crippen LogP contribution in [-0.4, -0.2) is 47.4 Å². The van der Waals surface area contributed by atoms with E-state index in [-0.39, 0.29) is 18.3 Å². The van der Waals surface area contributed by atoms with E-state index in [1.807, 2.05) is 14.1 Å². The number of carbonyl (C=O) groups is 1. The Morgan fingerprint density at radius 3 is 2.75 bits per heavy atom. The number of carbonyl (C=O) groups excluding carboxylic acids is 1. The Morgan fingerprint density at radius 1 is 1.50 bits per heavy atom. The van der Waals surface area contributed by atoms with Gasteiger partial charge in [-0.2, -0.15) is 0 Å². The van der Waals surface area contributed by atoms with Crippen molar-refractivity contribution in [3.63, 3.8) is 0 Å². The molecule has 0 atom stereocenters. The number of halogens is 1. The molecule has 0 fully saturated rings. The predicted molar refractivity (Wildman–Crippen MR) is 63.5 cm³/mol. The quantitative estimate of drug-likeness (QED) is 0.508. The van der Waals surface area contributed by atoms with Gasteiger partial charge in [-0.3, -0.25) is 4.79 Å². The lowest BCUT2D eigenvalue weighted by Gasteiger charge is -2.06. The standard InChI is InChI=1S/C8H14N4OS2.ClH/c1-6(13)9-7-10-11-8(15-7)14-5-4-12(2)3;/h4-5H2,1-3H3,(H,9,10,13);1H/p-1. The third-order valence-corrected chi connectivity index (χ3v) is 3.41. The van der Waals surface area contributed by atoms with Crippen molar-refractivity contribution in [2.24, 2.45) is 0 Å². The maximum atomic E-state index is 10.7. The molecule has 1 aromatic heterocycles. The lowest BCUT2D eigenvalue weighted by Crippen LogP contribution is -3.00. The molecular formula is C8H14ClN4OS2-. The average molecular weight is 282 g/mol. The fourth-order valence-electron chi connectivity index (χ4n) is 0.785. The van der Waals surface area contributed by atoms with Crippen LogP contribution < -0.4 is 17.7 Å². The van der Waals surface area contributed by atoms with Crippen LogP contribution in [-0.2, 0) is 4.79 Å². The third-order valence-electron chi connectivity index (χ3n) is 1.45. The summed E-state index contributed by atoms with van der Waals surface area (Å²) in [6, 6.07) is 0. The van der Waals surface area contributed by atoms with E-state index in [1.165, 1.54) is 18.3 Å². The molecule has 1 N–H and O–H groups in total. The minimum atomic E-state index is -0.115. The van der Waals surface area contributed by atoms with Crippen LogP contribution in [0, 0.1) is 0 Å². The van der Waals surface area contributed by atoms with Crippen LogP contribution in [0.25, 0.3) is 0 Å². The molecule has 0 radical (unpaired) electrons. The van der Waals surface area contributed by atoms with Gasteiger partial charge in [0, 0.05) is 19.2 Å². The van der Waals surface area contributed by atoms with Crippen LogP contribution in [0.2, 0.25) is 0 Å². The van der Waals surface area contributed by atoms with E-state index in [4.69, 9.17) is 0 Å². The molecule has 0 aliphatic carbocycles. The smallest absolute Gasteiger partial charge is 0.223 e. The monoisotopic (exact) mass is 281 g/mol. The van der Waals surface area contributed by atoms with Gasteiger partial charge in [-0.05, 0) is 14.1 Å². The number of rotatable bonds is 5. The van der Waals surface area contributed by atoms with Gasteiger partial charge >= 0.3 is 0 Å². The van der Waals surface area contributed by atoms with E-state index in [9.17, 15) is 4.79 Å². The maximum absolute atomic E-state index is 10.7. The van der Waals surface area contributed by atoms with Gasteiger partial charge in [-0.15, -0.1) is 10.2 Å². The van der Waals surface area contributed by atoms with Crippen molar-refractivity contribution in [3.8, 4) is 0 Å². The lowest BCUT2D eigenvalue weighted by molar-refractivity contribution is -0.114. The number of thioether (sulfide) groups is 1. The summed E-state index contributed by atoms with van der Waals surface area (Å²) in [6.45, 7) is 2.46. The zero-order valence-corrected chi connectivity index (χ0v) is 11.7. The van der Waals surface area contributed by atoms with Crippen LogP contribution in [0.3, 0.4) is 0 Å². The summed E-state index contributed by atoms with van der Waals surface area (Å²) in [5.74, 6) is 0.859. The molecule has 1 aromatic rings. The van der Waals surface area contributed by atoms with E-state index in [0.717, 1.165) is 16.6 Å². The Hall–Kier alpha value is -0.370. The second-order valence-electron chi connectivity index (χ2n) is 3.21. The van der Waals surface area contributed by atoms with E-state index in [0.29, 0.717) is 5.13 Å². The molecule has 0 saturated heterocycles. The summed E-state index contributed by atoms with van der Waals surface area (Å²) in [5.41, 5.74) is 0. The minimum Gasteiger partial charge on any atom is -1.00 e. The molecule has 0 aliphatic heterocycles. The van der Waals surface area contributed by atoms with Gasteiger partial charge in [-0.1, -0.05) is 23.1 Å². The molecule has 0 bridgehead atoms. The molecule has 1 amide bonds. The molecule has 0 saturated carbocycles. The Morgan fingerprint density at radius 2 is 2.19 bits per heavy atom. The number of hydrogen-bond acceptors (Lipinski definition) is 6. The van der Waals surface area contributed by atoms with Crippen LogP contribution >= 0.6 is 23.1 Å². The van der Waals surface area contributed by atoms with Crippen molar-refractivity contribution < 1.29 is 17.2 Å². The molecule has 0 aromatic carbocycles. The SMILES string of the molecule is CC(=O)Nc1nnc(SCCN(C)C)s1.[Cl-]. The highest BCUT2D eigenvalue weighted by molar-refractivity contribution is 8.01. The number of aromatic nitrogens is 2. The molecule has 16 heavy (non-hydrogen) atoms. The summed E-state index contributed by atoms with van der Waals surface area (Å²) in [6.07, 6.45) is 0. The van der Waals surface area contributed by atoms with E-state index < -0.39 is 0 Å². The van der Waals surface area contributed by atoms with Gasteiger partial charge in [0.15, 0.2) is 4.34 Å². The summed E-state index contributed by atoms with van der Waals surface area (Å²) in [5, 5.41) is 11.0. The molecule has 1 heterocycles. The fourth-order valence-corrected chi connectivity index (χ4v) is 2.76. The van der Waals surface area contributed by atoms with Crippen molar-refractivity contribution in [1.82, 2.24) is 15.1 Å². The topological polar surface area (TPSA) is 58.1 Å². The summed E-state index contributed by atoms with van der Waals surface area (Å²) >= 11 is 3.05. The Bertz CT molecular complexity index is 332. The first-order valence-electron chi connectivity index (χ1n) is 4.46. The summed E-state index contributed by atoms with van der Waals surface area (Å²) < 4.78 is 0.889. The summed E-state index contributed by atoms with van der Waals surface area (Å²) in [4.78, 5) is 12.9. The normalized spacial score (nSPS) is 10.0. The van der Waals surface area contributed by atoms with Crippen molar-refractivity contribution in [1.29, 1.82) is 0 Å². The molecule has 0 aliphatic rings. The highest BCUT2D eigenvalue weighted by Gasteiger charge is 2.05. The first-order valence-corrected chi connectivity index (χ1v) is 6.27. The molecule has 0 unspecified atom stereocenters. The molecular weight excluding hydrogens is 268 g/mol. The van der Waals surface area contributed by atoms with Gasteiger partial charge in [0.2, 0.25) is 11.0 Å². The second kappa shape index (κ2) is 7.83. The van der Waals surface area contributed by atoms with Gasteiger partial charge in [0.25, 0.3) is 0 Å².